The van der Waals surface area contributed by atoms with Gasteiger partial charge in [-0.15, -0.1) is 11.3 Å². The molecule has 100 valence electrons. The van der Waals surface area contributed by atoms with Crippen molar-refractivity contribution in [2.24, 2.45) is 0 Å². The molecule has 0 aliphatic heterocycles. The van der Waals surface area contributed by atoms with Crippen LogP contribution in [0.15, 0.2) is 38.1 Å². The van der Waals surface area contributed by atoms with Crippen LogP contribution in [0.1, 0.15) is 17.9 Å². The van der Waals surface area contributed by atoms with E-state index in [4.69, 9.17) is 0 Å². The van der Waals surface area contributed by atoms with Crippen molar-refractivity contribution >= 4 is 44.7 Å². The van der Waals surface area contributed by atoms with Crippen LogP contribution in [0.2, 0.25) is 0 Å². The molecule has 2 aromatic heterocycles. The number of nitro groups is 1. The summed E-state index contributed by atoms with van der Waals surface area (Å²) in [5.74, 6) is 0. The quantitative estimate of drug-likeness (QED) is 0.658. The van der Waals surface area contributed by atoms with E-state index >= 15 is 0 Å². The van der Waals surface area contributed by atoms with Crippen molar-refractivity contribution < 1.29 is 10.0 Å². The van der Waals surface area contributed by atoms with Crippen LogP contribution >= 0.6 is 39.0 Å². The van der Waals surface area contributed by atoms with Gasteiger partial charge in [-0.3, -0.25) is 10.1 Å². The van der Waals surface area contributed by atoms with E-state index in [0.29, 0.717) is 14.1 Å². The Hall–Kier alpha value is -0.960. The van der Waals surface area contributed by atoms with Gasteiger partial charge < -0.3 is 5.11 Å². The number of halogens is 1. The second-order valence-corrected chi connectivity index (χ2v) is 6.84. The second-order valence-electron chi connectivity index (χ2n) is 3.65. The molecule has 19 heavy (non-hydrogen) atoms. The largest absolute Gasteiger partial charge is 0.388 e. The summed E-state index contributed by atoms with van der Waals surface area (Å²) in [6.07, 6.45) is 0.910. The van der Waals surface area contributed by atoms with Gasteiger partial charge in [0.05, 0.1) is 15.5 Å². The third kappa shape index (κ3) is 3.33. The Bertz CT molecular complexity index is 616. The van der Waals surface area contributed by atoms with Crippen molar-refractivity contribution in [2.75, 3.05) is 0 Å². The maximum absolute atomic E-state index is 11.0. The first-order chi connectivity index (χ1) is 8.99. The molecule has 2 aromatic rings. The lowest BCUT2D eigenvalue weighted by Crippen LogP contribution is -1.88. The third-order valence-corrected chi connectivity index (χ3v) is 5.63. The molecule has 0 spiro atoms. The fourth-order valence-corrected chi connectivity index (χ4v) is 4.00. The van der Waals surface area contributed by atoms with Crippen molar-refractivity contribution in [3.05, 3.63) is 43.9 Å². The standard InChI is InChI=1S/C11H9BrN2O3S2/c1-6(15)9-5-8(14(16)17)11(18-9)19-10-7(12)3-2-4-13-10/h2-6,15H,1H3/t6-/m1/s1. The van der Waals surface area contributed by atoms with Crippen LogP contribution in [0.4, 0.5) is 5.69 Å². The van der Waals surface area contributed by atoms with E-state index in [2.05, 4.69) is 20.9 Å². The molecule has 0 bridgehead atoms. The van der Waals surface area contributed by atoms with Crippen LogP contribution in [0.25, 0.3) is 0 Å². The lowest BCUT2D eigenvalue weighted by atomic mass is 10.3. The number of hydrogen-bond acceptors (Lipinski definition) is 6. The second kappa shape index (κ2) is 6.00. The van der Waals surface area contributed by atoms with E-state index < -0.39 is 11.0 Å². The number of aromatic nitrogens is 1. The lowest BCUT2D eigenvalue weighted by Gasteiger charge is -2.00. The van der Waals surface area contributed by atoms with Crippen molar-refractivity contribution in [2.45, 2.75) is 22.3 Å². The minimum atomic E-state index is -0.717. The summed E-state index contributed by atoms with van der Waals surface area (Å²) in [6, 6.07) is 5.01. The van der Waals surface area contributed by atoms with Gasteiger partial charge in [-0.25, -0.2) is 4.98 Å². The van der Waals surface area contributed by atoms with Crippen LogP contribution in [-0.4, -0.2) is 15.0 Å². The molecule has 0 unspecified atom stereocenters. The molecule has 0 aromatic carbocycles. The van der Waals surface area contributed by atoms with Gasteiger partial charge in [0.1, 0.15) is 9.24 Å². The van der Waals surface area contributed by atoms with Gasteiger partial charge in [0.15, 0.2) is 0 Å². The highest BCUT2D eigenvalue weighted by molar-refractivity contribution is 9.10. The molecule has 1 atom stereocenters. The first-order valence-corrected chi connectivity index (χ1v) is 7.66. The van der Waals surface area contributed by atoms with Crippen LogP contribution < -0.4 is 0 Å². The molecule has 0 aliphatic rings. The Morgan fingerprint density at radius 3 is 2.95 bits per heavy atom. The monoisotopic (exact) mass is 360 g/mol. The van der Waals surface area contributed by atoms with Crippen molar-refractivity contribution in [3.8, 4) is 0 Å². The van der Waals surface area contributed by atoms with Crippen LogP contribution in [0.5, 0.6) is 0 Å². The zero-order valence-corrected chi connectivity index (χ0v) is 13.0. The van der Waals surface area contributed by atoms with Gasteiger partial charge in [-0.1, -0.05) is 11.8 Å². The minimum absolute atomic E-state index is 0.00320. The molecule has 8 heteroatoms. The minimum Gasteiger partial charge on any atom is -0.388 e. The Morgan fingerprint density at radius 1 is 1.63 bits per heavy atom. The Morgan fingerprint density at radius 2 is 2.37 bits per heavy atom. The maximum atomic E-state index is 11.0. The molecular formula is C11H9BrN2O3S2. The average molecular weight is 361 g/mol. The number of nitrogens with zero attached hydrogens (tertiary/aromatic N) is 2. The molecule has 0 amide bonds. The summed E-state index contributed by atoms with van der Waals surface area (Å²) in [5.41, 5.74) is 0.00320. The Labute approximate surface area is 126 Å². The fourth-order valence-electron chi connectivity index (χ4n) is 1.32. The van der Waals surface area contributed by atoms with E-state index in [1.165, 1.54) is 29.2 Å². The zero-order valence-electron chi connectivity index (χ0n) is 9.74. The van der Waals surface area contributed by atoms with E-state index in [0.717, 1.165) is 4.47 Å². The van der Waals surface area contributed by atoms with Crippen LogP contribution in [0.3, 0.4) is 0 Å². The van der Waals surface area contributed by atoms with Gasteiger partial charge in [-0.2, -0.15) is 0 Å². The Kier molecular flexibility index (Phi) is 4.56. The zero-order chi connectivity index (χ0) is 14.0. The number of aliphatic hydroxyl groups excluding tert-OH is 1. The predicted octanol–water partition coefficient (Wildman–Crippen LogP) is 4.02. The smallest absolute Gasteiger partial charge is 0.294 e. The van der Waals surface area contributed by atoms with Crippen molar-refractivity contribution in [3.63, 3.8) is 0 Å². The number of pyridine rings is 1. The first-order valence-electron chi connectivity index (χ1n) is 5.23. The van der Waals surface area contributed by atoms with E-state index in [1.807, 2.05) is 6.07 Å². The predicted molar refractivity (Wildman–Crippen MR) is 77.7 cm³/mol. The SMILES string of the molecule is C[C@@H](O)c1cc([N+](=O)[O-])c(Sc2ncccc2Br)s1. The van der Waals surface area contributed by atoms with Gasteiger partial charge in [0, 0.05) is 17.1 Å². The number of thiophene rings is 1. The van der Waals surface area contributed by atoms with Gasteiger partial charge in [0.2, 0.25) is 0 Å². The normalized spacial score (nSPS) is 12.4. The highest BCUT2D eigenvalue weighted by Gasteiger charge is 2.22. The molecule has 0 saturated heterocycles. The summed E-state index contributed by atoms with van der Waals surface area (Å²) in [7, 11) is 0. The molecule has 0 fully saturated rings. The highest BCUT2D eigenvalue weighted by atomic mass is 79.9. The van der Waals surface area contributed by atoms with Gasteiger partial charge in [-0.05, 0) is 35.0 Å². The molecule has 0 saturated carbocycles. The van der Waals surface area contributed by atoms with Crippen LogP contribution in [-0.2, 0) is 0 Å². The van der Waals surface area contributed by atoms with E-state index in [9.17, 15) is 15.2 Å². The molecule has 0 radical (unpaired) electrons. The molecular weight excluding hydrogens is 352 g/mol. The summed E-state index contributed by atoms with van der Waals surface area (Å²) in [5, 5.41) is 21.2. The van der Waals surface area contributed by atoms with Gasteiger partial charge >= 0.3 is 0 Å². The van der Waals surface area contributed by atoms with Crippen molar-refractivity contribution in [1.82, 2.24) is 4.98 Å². The van der Waals surface area contributed by atoms with Crippen LogP contribution in [0, 0.1) is 10.1 Å². The van der Waals surface area contributed by atoms with Crippen molar-refractivity contribution in [1.29, 1.82) is 0 Å². The molecule has 1 N–H and O–H groups in total. The number of hydrogen-bond donors (Lipinski definition) is 1. The average Bonchev–Trinajstić information content (AvgIpc) is 2.76. The highest BCUT2D eigenvalue weighted by Crippen LogP contribution is 2.43. The number of rotatable bonds is 4. The molecule has 0 aliphatic carbocycles. The summed E-state index contributed by atoms with van der Waals surface area (Å²) in [6.45, 7) is 1.58. The fraction of sp³-hybridized carbons (Fsp3) is 0.182. The van der Waals surface area contributed by atoms with Gasteiger partial charge in [0.25, 0.3) is 5.69 Å². The summed E-state index contributed by atoms with van der Waals surface area (Å²) >= 11 is 5.78. The number of aliphatic hydroxyl groups is 1. The molecule has 5 nitrogen and oxygen atoms in total. The maximum Gasteiger partial charge on any atom is 0.294 e. The molecule has 2 heterocycles. The Balaban J connectivity index is 2.39. The third-order valence-electron chi connectivity index (χ3n) is 2.22. The lowest BCUT2D eigenvalue weighted by molar-refractivity contribution is -0.387. The summed E-state index contributed by atoms with van der Waals surface area (Å²) < 4.78 is 1.29. The molecule has 2 rings (SSSR count). The summed E-state index contributed by atoms with van der Waals surface area (Å²) in [4.78, 5) is 15.3. The topological polar surface area (TPSA) is 76.3 Å². The van der Waals surface area contributed by atoms with E-state index in [-0.39, 0.29) is 5.69 Å². The first kappa shape index (κ1) is 14.4. The van der Waals surface area contributed by atoms with E-state index in [1.54, 1.807) is 19.2 Å².